The summed E-state index contributed by atoms with van der Waals surface area (Å²) < 4.78 is 27.0. The van der Waals surface area contributed by atoms with E-state index in [1.165, 1.54) is 10.4 Å². The summed E-state index contributed by atoms with van der Waals surface area (Å²) in [5.74, 6) is -0.0467. The minimum atomic E-state index is -3.57. The van der Waals surface area contributed by atoms with Gasteiger partial charge in [0.25, 0.3) is 0 Å². The minimum Gasteiger partial charge on any atom is -0.350 e. The van der Waals surface area contributed by atoms with Gasteiger partial charge in [0.05, 0.1) is 17.5 Å². The van der Waals surface area contributed by atoms with Crippen LogP contribution < -0.4 is 5.32 Å². The molecule has 6 nitrogen and oxygen atoms in total. The third-order valence-corrected chi connectivity index (χ3v) is 7.66. The van der Waals surface area contributed by atoms with E-state index in [-0.39, 0.29) is 16.8 Å². The lowest BCUT2D eigenvalue weighted by Gasteiger charge is -2.36. The third kappa shape index (κ3) is 4.89. The highest BCUT2D eigenvalue weighted by molar-refractivity contribution is 7.89. The van der Waals surface area contributed by atoms with Gasteiger partial charge in [-0.05, 0) is 36.6 Å². The second kappa shape index (κ2) is 8.70. The number of nitrogens with zero attached hydrogens (tertiary/aromatic N) is 2. The van der Waals surface area contributed by atoms with Crippen LogP contribution in [-0.2, 0) is 21.4 Å². The Balaban J connectivity index is 1.55. The molecule has 3 rings (SSSR count). The summed E-state index contributed by atoms with van der Waals surface area (Å²) >= 11 is 7.52. The van der Waals surface area contributed by atoms with Crippen LogP contribution in [-0.4, -0.2) is 55.8 Å². The van der Waals surface area contributed by atoms with Crippen LogP contribution in [0.4, 0.5) is 0 Å². The first-order valence-corrected chi connectivity index (χ1v) is 11.4. The lowest BCUT2D eigenvalue weighted by molar-refractivity contribution is -0.126. The fourth-order valence-corrected chi connectivity index (χ4v) is 5.38. The molecular formula is C18H22ClN3O3S2. The second-order valence-electron chi connectivity index (χ2n) is 6.37. The molecule has 1 fully saturated rings. The average Bonchev–Trinajstić information content (AvgIpc) is 3.19. The number of halogens is 1. The molecule has 1 N–H and O–H groups in total. The first kappa shape index (κ1) is 20.3. The van der Waals surface area contributed by atoms with Crippen molar-refractivity contribution in [2.75, 3.05) is 26.2 Å². The molecule has 1 atom stereocenters. The molecule has 1 aromatic carbocycles. The van der Waals surface area contributed by atoms with Crippen molar-refractivity contribution in [3.63, 3.8) is 0 Å². The first-order valence-electron chi connectivity index (χ1n) is 8.68. The quantitative estimate of drug-likeness (QED) is 0.768. The van der Waals surface area contributed by atoms with E-state index in [9.17, 15) is 13.2 Å². The number of hydrogen-bond donors (Lipinski definition) is 1. The van der Waals surface area contributed by atoms with Crippen LogP contribution in [0, 0.1) is 0 Å². The topological polar surface area (TPSA) is 69.7 Å². The summed E-state index contributed by atoms with van der Waals surface area (Å²) in [7, 11) is -3.57. The molecule has 1 aromatic heterocycles. The molecule has 1 aliphatic heterocycles. The van der Waals surface area contributed by atoms with Crippen molar-refractivity contribution in [1.82, 2.24) is 14.5 Å². The minimum absolute atomic E-state index is 0.0467. The van der Waals surface area contributed by atoms with E-state index in [4.69, 9.17) is 11.6 Å². The highest BCUT2D eigenvalue weighted by Gasteiger charge is 2.31. The number of carbonyl (C=O) groups is 1. The Morgan fingerprint density at radius 1 is 1.22 bits per heavy atom. The molecular weight excluding hydrogens is 406 g/mol. The maximum absolute atomic E-state index is 12.8. The zero-order chi connectivity index (χ0) is 19.4. The number of benzene rings is 1. The van der Waals surface area contributed by atoms with Crippen molar-refractivity contribution >= 4 is 38.9 Å². The van der Waals surface area contributed by atoms with Crippen molar-refractivity contribution in [3.05, 3.63) is 51.7 Å². The van der Waals surface area contributed by atoms with E-state index >= 15 is 0 Å². The van der Waals surface area contributed by atoms with E-state index in [1.54, 1.807) is 29.5 Å². The standard InChI is InChI=1S/C18H22ClN3O3S2/c1-14(18(23)20-13-16-5-3-11-26-16)21-7-9-22(10-8-21)27(24,25)17-6-2-4-15(19)12-17/h2-6,11-12,14H,7-10,13H2,1H3,(H,20,23). The fourth-order valence-electron chi connectivity index (χ4n) is 3.01. The molecule has 1 aliphatic rings. The zero-order valence-corrected chi connectivity index (χ0v) is 17.4. The van der Waals surface area contributed by atoms with Gasteiger partial charge >= 0.3 is 0 Å². The molecule has 0 aliphatic carbocycles. The van der Waals surface area contributed by atoms with Crippen molar-refractivity contribution in [2.45, 2.75) is 24.4 Å². The number of sulfonamides is 1. The number of rotatable bonds is 6. The summed E-state index contributed by atoms with van der Waals surface area (Å²) in [5, 5.41) is 5.31. The Bertz CT molecular complexity index is 879. The normalized spacial score (nSPS) is 17.6. The third-order valence-electron chi connectivity index (χ3n) is 4.65. The molecule has 1 amide bonds. The molecule has 27 heavy (non-hydrogen) atoms. The van der Waals surface area contributed by atoms with E-state index in [2.05, 4.69) is 5.32 Å². The van der Waals surface area contributed by atoms with Gasteiger partial charge in [0, 0.05) is 36.1 Å². The zero-order valence-electron chi connectivity index (χ0n) is 15.0. The molecule has 0 radical (unpaired) electrons. The van der Waals surface area contributed by atoms with Crippen LogP contribution in [0.3, 0.4) is 0 Å². The van der Waals surface area contributed by atoms with Gasteiger partial charge in [-0.3, -0.25) is 9.69 Å². The van der Waals surface area contributed by atoms with Gasteiger partial charge in [0.2, 0.25) is 15.9 Å². The van der Waals surface area contributed by atoms with Crippen molar-refractivity contribution in [2.24, 2.45) is 0 Å². The molecule has 1 saturated heterocycles. The number of amides is 1. The molecule has 2 heterocycles. The monoisotopic (exact) mass is 427 g/mol. The van der Waals surface area contributed by atoms with Gasteiger partial charge in [-0.25, -0.2) is 8.42 Å². The second-order valence-corrected chi connectivity index (χ2v) is 9.78. The summed E-state index contributed by atoms with van der Waals surface area (Å²) in [5.41, 5.74) is 0. The van der Waals surface area contributed by atoms with Gasteiger partial charge in [0.1, 0.15) is 0 Å². The van der Waals surface area contributed by atoms with Crippen LogP contribution in [0.1, 0.15) is 11.8 Å². The molecule has 2 aromatic rings. The van der Waals surface area contributed by atoms with E-state index in [0.29, 0.717) is 37.7 Å². The molecule has 9 heteroatoms. The highest BCUT2D eigenvalue weighted by atomic mass is 35.5. The van der Waals surface area contributed by atoms with Gasteiger partial charge in [-0.15, -0.1) is 11.3 Å². The highest BCUT2D eigenvalue weighted by Crippen LogP contribution is 2.21. The lowest BCUT2D eigenvalue weighted by atomic mass is 10.2. The molecule has 0 saturated carbocycles. The van der Waals surface area contributed by atoms with Crippen LogP contribution in [0.15, 0.2) is 46.7 Å². The van der Waals surface area contributed by atoms with Gasteiger partial charge in [-0.1, -0.05) is 23.7 Å². The van der Waals surface area contributed by atoms with Crippen LogP contribution >= 0.6 is 22.9 Å². The molecule has 1 unspecified atom stereocenters. The molecule has 146 valence electrons. The predicted molar refractivity (Wildman–Crippen MR) is 107 cm³/mol. The number of hydrogen-bond acceptors (Lipinski definition) is 5. The lowest BCUT2D eigenvalue weighted by Crippen LogP contribution is -2.54. The van der Waals surface area contributed by atoms with Crippen molar-refractivity contribution < 1.29 is 13.2 Å². The number of carbonyl (C=O) groups excluding carboxylic acids is 1. The van der Waals surface area contributed by atoms with E-state index in [0.717, 1.165) is 4.88 Å². The predicted octanol–water partition coefficient (Wildman–Crippen LogP) is 2.41. The van der Waals surface area contributed by atoms with Crippen molar-refractivity contribution in [3.8, 4) is 0 Å². The van der Waals surface area contributed by atoms with Crippen LogP contribution in [0.5, 0.6) is 0 Å². The number of piperazine rings is 1. The van der Waals surface area contributed by atoms with Gasteiger partial charge < -0.3 is 5.32 Å². The van der Waals surface area contributed by atoms with E-state index in [1.807, 2.05) is 29.3 Å². The van der Waals surface area contributed by atoms with Crippen LogP contribution in [0.2, 0.25) is 5.02 Å². The molecule has 0 bridgehead atoms. The first-order chi connectivity index (χ1) is 12.9. The SMILES string of the molecule is CC(C(=O)NCc1cccs1)N1CCN(S(=O)(=O)c2cccc(Cl)c2)CC1. The van der Waals surface area contributed by atoms with Gasteiger partial charge in [-0.2, -0.15) is 4.31 Å². The summed E-state index contributed by atoms with van der Waals surface area (Å²) in [6.45, 7) is 4.07. The van der Waals surface area contributed by atoms with Gasteiger partial charge in [0.15, 0.2) is 0 Å². The smallest absolute Gasteiger partial charge is 0.243 e. The molecule has 0 spiro atoms. The Hall–Kier alpha value is -1.45. The fraction of sp³-hybridized carbons (Fsp3) is 0.389. The Kier molecular flexibility index (Phi) is 6.54. The number of thiophene rings is 1. The Labute approximate surface area is 168 Å². The number of nitrogens with one attached hydrogen (secondary N) is 1. The van der Waals surface area contributed by atoms with E-state index < -0.39 is 10.0 Å². The Morgan fingerprint density at radius 2 is 1.96 bits per heavy atom. The Morgan fingerprint density at radius 3 is 2.59 bits per heavy atom. The largest absolute Gasteiger partial charge is 0.350 e. The average molecular weight is 428 g/mol. The summed E-state index contributed by atoms with van der Waals surface area (Å²) in [6.07, 6.45) is 0. The van der Waals surface area contributed by atoms with Crippen LogP contribution in [0.25, 0.3) is 0 Å². The summed E-state index contributed by atoms with van der Waals surface area (Å²) in [6, 6.07) is 9.92. The summed E-state index contributed by atoms with van der Waals surface area (Å²) in [4.78, 5) is 15.7. The van der Waals surface area contributed by atoms with Crippen molar-refractivity contribution in [1.29, 1.82) is 0 Å². The maximum Gasteiger partial charge on any atom is 0.243 e. The maximum atomic E-state index is 12.8.